The quantitative estimate of drug-likeness (QED) is 0.200. The van der Waals surface area contributed by atoms with Gasteiger partial charge in [0, 0.05) is 50.8 Å². The van der Waals surface area contributed by atoms with E-state index in [1.165, 1.54) is 62.8 Å². The van der Waals surface area contributed by atoms with Crippen molar-refractivity contribution in [1.29, 1.82) is 0 Å². The lowest BCUT2D eigenvalue weighted by atomic mass is 10.1. The number of nitrogens with two attached hydrogens (primary N) is 1. The first kappa shape index (κ1) is 38.8. The molecule has 0 fully saturated rings. The Bertz CT molecular complexity index is 2310. The molecule has 0 aliphatic carbocycles. The molecule has 0 spiro atoms. The predicted molar refractivity (Wildman–Crippen MR) is 185 cm³/mol. The summed E-state index contributed by atoms with van der Waals surface area (Å²) in [5.41, 5.74) is 7.38. The number of nitrogens with one attached hydrogen (secondary N) is 1. The molecule has 0 radical (unpaired) electrons. The number of hydrogen-bond donors (Lipinski definition) is 3. The summed E-state index contributed by atoms with van der Waals surface area (Å²) in [6.45, 7) is 0. The van der Waals surface area contributed by atoms with Crippen molar-refractivity contribution in [2.75, 3.05) is 11.1 Å². The Morgan fingerprint density at radius 1 is 0.642 bits per heavy atom. The average molecular weight is 731 g/mol. The molecular weight excluding hydrogens is 700 g/mol. The van der Waals surface area contributed by atoms with Gasteiger partial charge in [0.2, 0.25) is 0 Å². The number of pyridine rings is 2. The fourth-order valence-electron chi connectivity index (χ4n) is 4.46. The van der Waals surface area contributed by atoms with Crippen LogP contribution in [0.15, 0.2) is 107 Å². The number of nitrogen functional groups attached to an aromatic ring is 1. The molecule has 0 aliphatic rings. The molecule has 4 N–H and O–H groups in total. The standard InChI is InChI=1S/C18H14F2N4O2.C12H10F2N2.C6H6N2O3/c1-24-17(25)5-3-15(23-24)18(26)22-16-4-2-11(10-21-16)6-12-7-13(19)9-14(20)8-12;13-10-4-9(5-11(14)6-10)3-8-1-2-12(15)16-7-8;1-8-5(9)3-2-4(7-8)6(10)11/h2-5,7-10H,6H2,1H3,(H,21,22,26);1-2,4-7H,3H2,(H2,15,16);2-3H,1H3,(H,10,11). The maximum absolute atomic E-state index is 13.2. The van der Waals surface area contributed by atoms with E-state index in [1.807, 2.05) is 0 Å². The molecule has 0 saturated carbocycles. The molecule has 53 heavy (non-hydrogen) atoms. The fourth-order valence-corrected chi connectivity index (χ4v) is 4.46. The Morgan fingerprint density at radius 2 is 1.09 bits per heavy atom. The van der Waals surface area contributed by atoms with Gasteiger partial charge in [-0.1, -0.05) is 12.1 Å². The molecule has 4 heterocycles. The first-order valence-corrected chi connectivity index (χ1v) is 15.3. The van der Waals surface area contributed by atoms with Crippen molar-refractivity contribution in [2.24, 2.45) is 14.1 Å². The number of hydrogen-bond acceptors (Lipinski definition) is 9. The zero-order valence-corrected chi connectivity index (χ0v) is 28.0. The number of anilines is 2. The van der Waals surface area contributed by atoms with Gasteiger partial charge in [-0.05, 0) is 83.6 Å². The van der Waals surface area contributed by atoms with Crippen LogP contribution in [0.25, 0.3) is 0 Å². The van der Waals surface area contributed by atoms with Crippen LogP contribution < -0.4 is 22.2 Å². The fraction of sp³-hybridized carbons (Fsp3) is 0.111. The molecule has 6 aromatic rings. The van der Waals surface area contributed by atoms with Gasteiger partial charge < -0.3 is 16.2 Å². The minimum absolute atomic E-state index is 0.0770. The maximum atomic E-state index is 13.2. The second-order valence-electron chi connectivity index (χ2n) is 11.2. The van der Waals surface area contributed by atoms with Crippen LogP contribution >= 0.6 is 0 Å². The van der Waals surface area contributed by atoms with E-state index in [9.17, 15) is 36.7 Å². The second-order valence-corrected chi connectivity index (χ2v) is 11.2. The third-order valence-corrected chi connectivity index (χ3v) is 6.95. The molecule has 272 valence electrons. The van der Waals surface area contributed by atoms with Crippen molar-refractivity contribution >= 4 is 23.5 Å². The Kier molecular flexibility index (Phi) is 13.0. The largest absolute Gasteiger partial charge is 0.476 e. The highest BCUT2D eigenvalue weighted by Gasteiger charge is 2.10. The van der Waals surface area contributed by atoms with Gasteiger partial charge in [-0.15, -0.1) is 0 Å². The van der Waals surface area contributed by atoms with Crippen molar-refractivity contribution in [1.82, 2.24) is 29.5 Å². The average Bonchev–Trinajstić information content (AvgIpc) is 3.09. The maximum Gasteiger partial charge on any atom is 0.356 e. The van der Waals surface area contributed by atoms with Gasteiger partial charge in [-0.25, -0.2) is 41.7 Å². The molecule has 0 atom stereocenters. The number of aromatic nitrogens is 6. The summed E-state index contributed by atoms with van der Waals surface area (Å²) in [4.78, 5) is 52.4. The molecule has 2 aromatic carbocycles. The van der Waals surface area contributed by atoms with Crippen LogP contribution in [0.2, 0.25) is 0 Å². The van der Waals surface area contributed by atoms with E-state index in [0.717, 1.165) is 38.7 Å². The van der Waals surface area contributed by atoms with Gasteiger partial charge in [0.05, 0.1) is 0 Å². The number of halogens is 4. The Labute approximate surface area is 298 Å². The van der Waals surface area contributed by atoms with Crippen molar-refractivity contribution < 1.29 is 32.3 Å². The molecule has 0 saturated heterocycles. The van der Waals surface area contributed by atoms with Crippen molar-refractivity contribution in [3.05, 3.63) is 175 Å². The van der Waals surface area contributed by atoms with E-state index < -0.39 is 35.1 Å². The van der Waals surface area contributed by atoms with Gasteiger partial charge in [0.25, 0.3) is 17.0 Å². The van der Waals surface area contributed by atoms with Crippen LogP contribution in [-0.4, -0.2) is 46.5 Å². The number of rotatable bonds is 7. The van der Waals surface area contributed by atoms with E-state index in [-0.39, 0.29) is 22.5 Å². The summed E-state index contributed by atoms with van der Waals surface area (Å²) in [5, 5.41) is 18.3. The zero-order valence-electron chi connectivity index (χ0n) is 28.0. The van der Waals surface area contributed by atoms with Gasteiger partial charge in [-0.2, -0.15) is 10.2 Å². The second kappa shape index (κ2) is 17.8. The van der Waals surface area contributed by atoms with E-state index in [2.05, 4.69) is 25.5 Å². The first-order chi connectivity index (χ1) is 25.1. The monoisotopic (exact) mass is 730 g/mol. The van der Waals surface area contributed by atoms with Gasteiger partial charge in [0.1, 0.15) is 40.6 Å². The summed E-state index contributed by atoms with van der Waals surface area (Å²) in [7, 11) is 2.84. The molecular formula is C36H30F4N8O5. The molecule has 6 rings (SSSR count). The molecule has 17 heteroatoms. The predicted octanol–water partition coefficient (Wildman–Crippen LogP) is 4.31. The van der Waals surface area contributed by atoms with Crippen LogP contribution in [0.5, 0.6) is 0 Å². The summed E-state index contributed by atoms with van der Waals surface area (Å²) < 4.78 is 54.3. The summed E-state index contributed by atoms with van der Waals surface area (Å²) in [6, 6.07) is 18.4. The third-order valence-electron chi connectivity index (χ3n) is 6.95. The lowest BCUT2D eigenvalue weighted by Crippen LogP contribution is -2.23. The Balaban J connectivity index is 0.000000197. The number of benzene rings is 2. The lowest BCUT2D eigenvalue weighted by Gasteiger charge is -2.06. The summed E-state index contributed by atoms with van der Waals surface area (Å²) in [6.07, 6.45) is 3.84. The van der Waals surface area contributed by atoms with Crippen molar-refractivity contribution in [2.45, 2.75) is 12.8 Å². The number of nitrogens with zero attached hydrogens (tertiary/aromatic N) is 6. The Morgan fingerprint density at radius 3 is 1.51 bits per heavy atom. The van der Waals surface area contributed by atoms with Gasteiger partial charge >= 0.3 is 5.97 Å². The van der Waals surface area contributed by atoms with Gasteiger partial charge in [0.15, 0.2) is 5.69 Å². The van der Waals surface area contributed by atoms with Gasteiger partial charge in [-0.3, -0.25) is 14.4 Å². The highest BCUT2D eigenvalue weighted by atomic mass is 19.1. The number of aryl methyl sites for hydroxylation is 2. The van der Waals surface area contributed by atoms with Crippen molar-refractivity contribution in [3.8, 4) is 0 Å². The van der Waals surface area contributed by atoms with Crippen LogP contribution in [0.1, 0.15) is 43.2 Å². The highest BCUT2D eigenvalue weighted by molar-refractivity contribution is 6.02. The van der Waals surface area contributed by atoms with Crippen LogP contribution in [0, 0.1) is 23.3 Å². The normalized spacial score (nSPS) is 10.3. The van der Waals surface area contributed by atoms with Crippen LogP contribution in [0.3, 0.4) is 0 Å². The summed E-state index contributed by atoms with van der Waals surface area (Å²) >= 11 is 0. The molecule has 1 amide bonds. The topological polar surface area (TPSA) is 188 Å². The SMILES string of the molecule is Cn1nc(C(=O)Nc2ccc(Cc3cc(F)cc(F)c3)cn2)ccc1=O.Cn1nc(C(=O)O)ccc1=O.Nc1ccc(Cc2cc(F)cc(F)c2)cn1. The lowest BCUT2D eigenvalue weighted by molar-refractivity contribution is 0.0687. The minimum atomic E-state index is -1.14. The highest BCUT2D eigenvalue weighted by Crippen LogP contribution is 2.15. The smallest absolute Gasteiger partial charge is 0.356 e. The Hall–Kier alpha value is -7.04. The molecule has 13 nitrogen and oxygen atoms in total. The first-order valence-electron chi connectivity index (χ1n) is 15.3. The number of amides is 1. The molecule has 0 unspecified atom stereocenters. The number of carboxylic acids is 1. The van der Waals surface area contributed by atoms with Crippen LogP contribution in [0.4, 0.5) is 29.2 Å². The third kappa shape index (κ3) is 12.1. The van der Waals surface area contributed by atoms with E-state index >= 15 is 0 Å². The summed E-state index contributed by atoms with van der Waals surface area (Å²) in [5.74, 6) is -3.34. The molecule has 0 aliphatic heterocycles. The number of carbonyl (C=O) groups excluding carboxylic acids is 1. The van der Waals surface area contributed by atoms with E-state index in [0.29, 0.717) is 35.6 Å². The molecule has 4 aromatic heterocycles. The number of carbonyl (C=O) groups is 2. The van der Waals surface area contributed by atoms with E-state index in [1.54, 1.807) is 30.5 Å². The van der Waals surface area contributed by atoms with Crippen molar-refractivity contribution in [3.63, 3.8) is 0 Å². The van der Waals surface area contributed by atoms with E-state index in [4.69, 9.17) is 10.8 Å². The number of carboxylic acid groups (broad SMARTS) is 1. The zero-order chi connectivity index (χ0) is 38.7. The minimum Gasteiger partial charge on any atom is -0.476 e. The molecule has 0 bridgehead atoms. The van der Waals surface area contributed by atoms with Crippen LogP contribution in [-0.2, 0) is 26.9 Å². The number of aromatic carboxylic acids is 1.